The quantitative estimate of drug-likeness (QED) is 0.0375. The third-order valence-electron chi connectivity index (χ3n) is 24.0. The largest absolute Gasteiger partial charge is 0.432 e. The molecule has 4 saturated carbocycles. The third-order valence-corrected chi connectivity index (χ3v) is 24.0. The van der Waals surface area contributed by atoms with Crippen molar-refractivity contribution in [3.8, 4) is 0 Å². The molecule has 37 heteroatoms. The van der Waals surface area contributed by atoms with Crippen LogP contribution in [0.25, 0.3) is 0 Å². The van der Waals surface area contributed by atoms with Gasteiger partial charge in [-0.25, -0.2) is 0 Å². The Hall–Kier alpha value is -2.19. The van der Waals surface area contributed by atoms with E-state index in [1.165, 1.54) is 0 Å². The van der Waals surface area contributed by atoms with Crippen LogP contribution in [0.1, 0.15) is 78.1 Å². The molecule has 1 spiro atoms. The van der Waals surface area contributed by atoms with Crippen LogP contribution in [0.2, 0.25) is 0 Å². The van der Waals surface area contributed by atoms with Gasteiger partial charge in [0.05, 0.1) is 57.8 Å². The number of carbonyl (C=O) groups excluding carboxylic acids is 1. The Balaban J connectivity index is 0.853. The molecule has 37 nitrogen and oxygen atoms in total. The molecule has 23 N–H and O–H groups in total. The van der Waals surface area contributed by atoms with Gasteiger partial charge < -0.3 is 179 Å². The second-order valence-corrected chi connectivity index (χ2v) is 29.8. The first-order valence-corrected chi connectivity index (χ1v) is 34.2. The number of aliphatic hydroxyl groups is 23. The highest BCUT2D eigenvalue weighted by Crippen LogP contribution is 2.76. The second-order valence-electron chi connectivity index (χ2n) is 29.8. The lowest BCUT2D eigenvalue weighted by molar-refractivity contribution is -0.388. The van der Waals surface area contributed by atoms with E-state index in [1.807, 2.05) is 0 Å². The SMILES string of the molecule is C=C1C[C@@]23CCC4[C@](C)(C(=O)OC5OC(CO)C(O)C(OC6OC(CO)C(O)C(O)C6O)C5OC5OC(CO)C(O)C(O)C5O)CCC[C@@]4(C)[C@@H]2CCC1(CC1OC(CO)C(O)C(OC2OC(COC4OC(CO)C(O)C(O)C4O)C(O)C(O)C2O)C1OC1OC(CO)C(O)C(O)C1O)C3. The molecule has 7 heterocycles. The highest BCUT2D eigenvalue weighted by atomic mass is 16.8. The van der Waals surface area contributed by atoms with E-state index in [0.717, 1.165) is 5.57 Å². The summed E-state index contributed by atoms with van der Waals surface area (Å²) >= 11 is 0. The molecule has 37 unspecified atom stereocenters. The van der Waals surface area contributed by atoms with Gasteiger partial charge in [-0.2, -0.15) is 0 Å². The van der Waals surface area contributed by atoms with Crippen molar-refractivity contribution in [2.45, 2.75) is 293 Å². The molecule has 7 saturated heterocycles. The first kappa shape index (κ1) is 78.9. The van der Waals surface area contributed by atoms with E-state index >= 15 is 4.79 Å². The van der Waals surface area contributed by atoms with Crippen molar-refractivity contribution in [3.63, 3.8) is 0 Å². The zero-order valence-electron chi connectivity index (χ0n) is 55.1. The Kier molecular flexibility index (Phi) is 24.6. The molecule has 0 radical (unpaired) electrons. The zero-order chi connectivity index (χ0) is 72.7. The lowest BCUT2D eigenvalue weighted by Crippen LogP contribution is -2.67. The van der Waals surface area contributed by atoms with Gasteiger partial charge in [0.15, 0.2) is 37.6 Å². The van der Waals surface area contributed by atoms with E-state index in [0.29, 0.717) is 51.4 Å². The Labute approximate surface area is 573 Å². The van der Waals surface area contributed by atoms with Crippen molar-refractivity contribution < 1.29 is 184 Å². The van der Waals surface area contributed by atoms with Gasteiger partial charge in [-0.05, 0) is 92.8 Å². The van der Waals surface area contributed by atoms with E-state index < -0.39 is 295 Å². The van der Waals surface area contributed by atoms with Gasteiger partial charge in [0.2, 0.25) is 6.29 Å². The van der Waals surface area contributed by atoms with Gasteiger partial charge in [-0.3, -0.25) is 4.79 Å². The standard InChI is InChI=1S/C63H102O37/c1-21-11-63-10-5-30-60(2,7-4-8-61(30,3)59(87)100-58-52(99-56-47(85)42(80)35(73)26(16-67)93-56)51(38(76)28(18-69)94-58)98-55-46(84)41(79)34(72)25(15-66)92-55)31(63)6-9-62(21,20-63)12-22-49(96-54-45(83)40(78)33(71)24(14-65)91-54)50(37(75)27(17-68)89-22)97-57-48(86)43(81)36(74)29(95-57)19-88-53-44(82)39(77)32(70)23(13-64)90-53/h22-58,64-86H,1,4-20H2,2-3H3/t22?,23?,24?,25?,26?,27?,28?,29?,30?,31-,32?,33?,34?,35?,36?,37?,38?,39?,40?,41?,42?,43?,44?,45?,46?,47?,48?,49?,50?,51?,52?,53?,54?,55?,56?,57?,58?,60+,61+,62?,63+/m0/s1. The number of ether oxygens (including phenoxy) is 13. The van der Waals surface area contributed by atoms with Crippen LogP contribution in [0.15, 0.2) is 12.2 Å². The molecular formula is C63H102O37. The Bertz CT molecular complexity index is 2720. The summed E-state index contributed by atoms with van der Waals surface area (Å²) in [5.74, 6) is -1.41. The van der Waals surface area contributed by atoms with Crippen LogP contribution < -0.4 is 0 Å². The average Bonchev–Trinajstić information content (AvgIpc) is 1.44. The summed E-state index contributed by atoms with van der Waals surface area (Å²) in [5, 5.41) is 249. The number of carbonyl (C=O) groups is 1. The number of hydrogen-bond acceptors (Lipinski definition) is 37. The molecule has 41 atom stereocenters. The van der Waals surface area contributed by atoms with Crippen LogP contribution in [-0.2, 0) is 66.4 Å². The van der Waals surface area contributed by atoms with Gasteiger partial charge in [-0.15, -0.1) is 0 Å². The van der Waals surface area contributed by atoms with Crippen LogP contribution in [-0.4, -0.2) is 384 Å². The van der Waals surface area contributed by atoms with Crippen molar-refractivity contribution in [2.75, 3.05) is 46.2 Å². The van der Waals surface area contributed by atoms with Gasteiger partial charge in [-0.1, -0.05) is 25.5 Å². The lowest BCUT2D eigenvalue weighted by Gasteiger charge is -2.64. The molecule has 2 bridgehead atoms. The molecule has 0 aromatic carbocycles. The van der Waals surface area contributed by atoms with E-state index in [-0.39, 0.29) is 18.8 Å². The maximum absolute atomic E-state index is 15.5. The number of allylic oxidation sites excluding steroid dienone is 1. The fraction of sp³-hybridized carbons (Fsp3) is 0.952. The number of fused-ring (bicyclic) bond motifs is 3. The molecule has 11 aliphatic rings. The van der Waals surface area contributed by atoms with Crippen LogP contribution in [0.3, 0.4) is 0 Å². The first-order valence-electron chi connectivity index (χ1n) is 34.2. The molecule has 0 aromatic heterocycles. The lowest BCUT2D eigenvalue weighted by atomic mass is 9.40. The monoisotopic (exact) mass is 1450 g/mol. The molecule has 576 valence electrons. The predicted octanol–water partition coefficient (Wildman–Crippen LogP) is -11.0. The molecule has 100 heavy (non-hydrogen) atoms. The summed E-state index contributed by atoms with van der Waals surface area (Å²) in [6.45, 7) is 2.42. The predicted molar refractivity (Wildman–Crippen MR) is 320 cm³/mol. The fourth-order valence-corrected chi connectivity index (χ4v) is 18.5. The van der Waals surface area contributed by atoms with Crippen molar-refractivity contribution in [1.29, 1.82) is 0 Å². The molecule has 0 amide bonds. The summed E-state index contributed by atoms with van der Waals surface area (Å²) in [4.78, 5) is 15.5. The Morgan fingerprint density at radius 1 is 0.400 bits per heavy atom. The molecule has 11 fully saturated rings. The van der Waals surface area contributed by atoms with Crippen molar-refractivity contribution in [3.05, 3.63) is 12.2 Å². The Morgan fingerprint density at radius 2 is 0.770 bits per heavy atom. The smallest absolute Gasteiger partial charge is 0.314 e. The number of hydrogen-bond donors (Lipinski definition) is 23. The summed E-state index contributed by atoms with van der Waals surface area (Å²) < 4.78 is 78.2. The Morgan fingerprint density at radius 3 is 1.24 bits per heavy atom. The summed E-state index contributed by atoms with van der Waals surface area (Å²) in [6, 6.07) is 0. The molecule has 0 aromatic rings. The maximum Gasteiger partial charge on any atom is 0.314 e. The molecular weight excluding hydrogens is 1350 g/mol. The van der Waals surface area contributed by atoms with Gasteiger partial charge >= 0.3 is 5.97 Å². The van der Waals surface area contributed by atoms with Crippen LogP contribution >= 0.6 is 0 Å². The van der Waals surface area contributed by atoms with Crippen molar-refractivity contribution in [1.82, 2.24) is 0 Å². The van der Waals surface area contributed by atoms with Gasteiger partial charge in [0.25, 0.3) is 0 Å². The van der Waals surface area contributed by atoms with Gasteiger partial charge in [0.1, 0.15) is 165 Å². The molecule has 11 rings (SSSR count). The van der Waals surface area contributed by atoms with Crippen molar-refractivity contribution in [2.24, 2.45) is 33.5 Å². The molecule has 7 aliphatic heterocycles. The minimum atomic E-state index is -2.12. The number of rotatable bonds is 21. The minimum Gasteiger partial charge on any atom is -0.432 e. The zero-order valence-corrected chi connectivity index (χ0v) is 55.1. The maximum atomic E-state index is 15.5. The van der Waals surface area contributed by atoms with Crippen molar-refractivity contribution >= 4 is 5.97 Å². The molecule has 4 aliphatic carbocycles. The third kappa shape index (κ3) is 14.1. The topological polar surface area (TPSA) is 602 Å². The van der Waals surface area contributed by atoms with E-state index in [1.54, 1.807) is 6.92 Å². The highest BCUT2D eigenvalue weighted by molar-refractivity contribution is 5.77. The number of aliphatic hydroxyl groups excluding tert-OH is 23. The fourth-order valence-electron chi connectivity index (χ4n) is 18.5. The normalized spacial score (nSPS) is 54.5. The summed E-state index contributed by atoms with van der Waals surface area (Å²) in [6.07, 6.45) is -60.5. The van der Waals surface area contributed by atoms with Gasteiger partial charge in [0, 0.05) is 0 Å². The minimum absolute atomic E-state index is 0.0149. The van der Waals surface area contributed by atoms with Crippen LogP contribution in [0, 0.1) is 33.5 Å². The van der Waals surface area contributed by atoms with Crippen LogP contribution in [0.5, 0.6) is 0 Å². The highest BCUT2D eigenvalue weighted by Gasteiger charge is 2.70. The second kappa shape index (κ2) is 31.2. The van der Waals surface area contributed by atoms with E-state index in [4.69, 9.17) is 61.6 Å². The average molecular weight is 1450 g/mol. The first-order chi connectivity index (χ1) is 47.3. The summed E-state index contributed by atoms with van der Waals surface area (Å²) in [7, 11) is 0. The van der Waals surface area contributed by atoms with E-state index in [9.17, 15) is 117 Å². The number of esters is 1. The van der Waals surface area contributed by atoms with Crippen LogP contribution in [0.4, 0.5) is 0 Å². The summed E-state index contributed by atoms with van der Waals surface area (Å²) in [5.41, 5.74) is -2.58. The van der Waals surface area contributed by atoms with E-state index in [2.05, 4.69) is 13.5 Å².